The molecule has 17 heavy (non-hydrogen) atoms. The van der Waals surface area contributed by atoms with Crippen LogP contribution in [0.2, 0.25) is 5.02 Å². The van der Waals surface area contributed by atoms with E-state index in [1.54, 1.807) is 0 Å². The van der Waals surface area contributed by atoms with Gasteiger partial charge in [-0.25, -0.2) is 9.89 Å². The SMILES string of the molecule is O=c1[nH]nnn1-c1ccc(C(F)(F)F)c(Cl)c1. The Kier molecular flexibility index (Phi) is 2.66. The molecule has 0 aliphatic heterocycles. The third kappa shape index (κ3) is 2.16. The van der Waals surface area contributed by atoms with Gasteiger partial charge in [-0.1, -0.05) is 11.6 Å². The van der Waals surface area contributed by atoms with Crippen LogP contribution in [0.4, 0.5) is 13.2 Å². The fourth-order valence-electron chi connectivity index (χ4n) is 1.23. The number of H-pyrrole nitrogens is 1. The Morgan fingerprint density at radius 2 is 2.06 bits per heavy atom. The van der Waals surface area contributed by atoms with Crippen LogP contribution in [0.25, 0.3) is 5.69 Å². The Labute approximate surface area is 96.8 Å². The van der Waals surface area contributed by atoms with Gasteiger partial charge in [0.05, 0.1) is 16.3 Å². The highest BCUT2D eigenvalue weighted by Crippen LogP contribution is 2.35. The van der Waals surface area contributed by atoms with E-state index >= 15 is 0 Å². The first-order chi connectivity index (χ1) is 7.89. The summed E-state index contributed by atoms with van der Waals surface area (Å²) in [7, 11) is 0. The van der Waals surface area contributed by atoms with E-state index in [0.717, 1.165) is 22.9 Å². The number of rotatable bonds is 1. The van der Waals surface area contributed by atoms with E-state index < -0.39 is 22.5 Å². The summed E-state index contributed by atoms with van der Waals surface area (Å²) in [5.41, 5.74) is -1.54. The molecule has 0 spiro atoms. The van der Waals surface area contributed by atoms with Gasteiger partial charge >= 0.3 is 11.9 Å². The molecule has 0 aliphatic carbocycles. The van der Waals surface area contributed by atoms with Gasteiger partial charge in [-0.2, -0.15) is 17.9 Å². The van der Waals surface area contributed by atoms with Gasteiger partial charge in [-0.3, -0.25) is 0 Å². The lowest BCUT2D eigenvalue weighted by atomic mass is 10.2. The molecular formula is C8H4ClF3N4O. The molecule has 1 heterocycles. The minimum absolute atomic E-state index is 0.0988. The number of hydrogen-bond donors (Lipinski definition) is 1. The fourth-order valence-corrected chi connectivity index (χ4v) is 1.51. The molecule has 1 aromatic carbocycles. The summed E-state index contributed by atoms with van der Waals surface area (Å²) in [5.74, 6) is 0. The van der Waals surface area contributed by atoms with E-state index in [2.05, 4.69) is 10.4 Å². The lowest BCUT2D eigenvalue weighted by Gasteiger charge is -2.09. The number of benzene rings is 1. The smallest absolute Gasteiger partial charge is 0.244 e. The summed E-state index contributed by atoms with van der Waals surface area (Å²) < 4.78 is 38.0. The maximum absolute atomic E-state index is 12.4. The summed E-state index contributed by atoms with van der Waals surface area (Å²) in [6.45, 7) is 0. The summed E-state index contributed by atoms with van der Waals surface area (Å²) in [6, 6.07) is 2.85. The van der Waals surface area contributed by atoms with E-state index in [-0.39, 0.29) is 5.69 Å². The van der Waals surface area contributed by atoms with Crippen molar-refractivity contribution >= 4 is 11.6 Å². The Balaban J connectivity index is 2.52. The van der Waals surface area contributed by atoms with E-state index in [0.29, 0.717) is 0 Å². The molecule has 0 radical (unpaired) electrons. The zero-order valence-corrected chi connectivity index (χ0v) is 8.75. The molecule has 0 amide bonds. The lowest BCUT2D eigenvalue weighted by Crippen LogP contribution is -2.16. The van der Waals surface area contributed by atoms with Crippen LogP contribution in [0.5, 0.6) is 0 Å². The molecule has 1 N–H and O–H groups in total. The van der Waals surface area contributed by atoms with Crippen molar-refractivity contribution in [3.63, 3.8) is 0 Å². The molecule has 0 saturated heterocycles. The second-order valence-electron chi connectivity index (χ2n) is 3.08. The van der Waals surface area contributed by atoms with E-state index in [9.17, 15) is 18.0 Å². The second kappa shape index (κ2) is 3.88. The topological polar surface area (TPSA) is 63.6 Å². The standard InChI is InChI=1S/C8H4ClF3N4O/c9-6-3-4(16-7(17)13-14-15-16)1-2-5(6)8(10,11)12/h1-3H,(H,13,15,17). The number of aromatic amines is 1. The summed E-state index contributed by atoms with van der Waals surface area (Å²) in [6.07, 6.45) is -4.54. The first-order valence-corrected chi connectivity index (χ1v) is 4.65. The Morgan fingerprint density at radius 1 is 1.35 bits per heavy atom. The summed E-state index contributed by atoms with van der Waals surface area (Å²) in [5, 5.41) is 8.09. The van der Waals surface area contributed by atoms with Crippen molar-refractivity contribution in [1.29, 1.82) is 0 Å². The van der Waals surface area contributed by atoms with Gasteiger partial charge in [0.15, 0.2) is 0 Å². The van der Waals surface area contributed by atoms with Crippen LogP contribution in [-0.2, 0) is 6.18 Å². The predicted molar refractivity (Wildman–Crippen MR) is 52.0 cm³/mol. The third-order valence-electron chi connectivity index (χ3n) is 1.97. The highest BCUT2D eigenvalue weighted by atomic mass is 35.5. The quantitative estimate of drug-likeness (QED) is 0.851. The number of tetrazole rings is 1. The molecule has 0 fully saturated rings. The summed E-state index contributed by atoms with van der Waals surface area (Å²) >= 11 is 5.49. The lowest BCUT2D eigenvalue weighted by molar-refractivity contribution is -0.137. The average molecular weight is 265 g/mol. The van der Waals surface area contributed by atoms with Crippen LogP contribution in [0.1, 0.15) is 5.56 Å². The molecule has 2 aromatic rings. The number of nitrogens with one attached hydrogen (secondary N) is 1. The van der Waals surface area contributed by atoms with Gasteiger partial charge in [0.2, 0.25) is 0 Å². The van der Waals surface area contributed by atoms with Crippen LogP contribution >= 0.6 is 11.6 Å². The Hall–Kier alpha value is -1.83. The minimum Gasteiger partial charge on any atom is -0.244 e. The Morgan fingerprint density at radius 3 is 2.53 bits per heavy atom. The molecule has 0 unspecified atom stereocenters. The molecule has 90 valence electrons. The van der Waals surface area contributed by atoms with Crippen LogP contribution in [0.3, 0.4) is 0 Å². The van der Waals surface area contributed by atoms with Gasteiger partial charge in [0.1, 0.15) is 0 Å². The summed E-state index contributed by atoms with van der Waals surface area (Å²) in [4.78, 5) is 11.1. The van der Waals surface area contributed by atoms with Gasteiger partial charge in [-0.15, -0.1) is 0 Å². The van der Waals surface area contributed by atoms with Crippen molar-refractivity contribution in [3.05, 3.63) is 39.3 Å². The van der Waals surface area contributed by atoms with Crippen molar-refractivity contribution in [3.8, 4) is 5.69 Å². The molecule has 0 atom stereocenters. The predicted octanol–water partition coefficient (Wildman–Crippen LogP) is 1.63. The van der Waals surface area contributed by atoms with E-state index in [1.165, 1.54) is 0 Å². The van der Waals surface area contributed by atoms with Gasteiger partial charge < -0.3 is 0 Å². The first kappa shape index (κ1) is 11.6. The van der Waals surface area contributed by atoms with E-state index in [1.807, 2.05) is 5.10 Å². The highest BCUT2D eigenvalue weighted by molar-refractivity contribution is 6.31. The number of hydrogen-bond acceptors (Lipinski definition) is 3. The number of halogens is 4. The van der Waals surface area contributed by atoms with Crippen LogP contribution < -0.4 is 5.69 Å². The molecule has 0 aliphatic rings. The van der Waals surface area contributed by atoms with Gasteiger partial charge in [0.25, 0.3) is 0 Å². The van der Waals surface area contributed by atoms with Gasteiger partial charge in [-0.05, 0) is 28.6 Å². The first-order valence-electron chi connectivity index (χ1n) is 4.27. The minimum atomic E-state index is -4.54. The maximum Gasteiger partial charge on any atom is 0.417 e. The number of aromatic nitrogens is 4. The van der Waals surface area contributed by atoms with Crippen molar-refractivity contribution in [2.24, 2.45) is 0 Å². The van der Waals surface area contributed by atoms with Crippen molar-refractivity contribution in [2.75, 3.05) is 0 Å². The molecule has 2 rings (SSSR count). The Bertz CT molecular complexity index is 603. The maximum atomic E-state index is 12.4. The highest BCUT2D eigenvalue weighted by Gasteiger charge is 2.33. The largest absolute Gasteiger partial charge is 0.417 e. The van der Waals surface area contributed by atoms with E-state index in [4.69, 9.17) is 11.6 Å². The number of nitrogens with zero attached hydrogens (tertiary/aromatic N) is 3. The number of alkyl halides is 3. The van der Waals surface area contributed by atoms with Crippen molar-refractivity contribution in [1.82, 2.24) is 20.2 Å². The van der Waals surface area contributed by atoms with Crippen molar-refractivity contribution in [2.45, 2.75) is 6.18 Å². The van der Waals surface area contributed by atoms with Crippen LogP contribution in [0.15, 0.2) is 23.0 Å². The third-order valence-corrected chi connectivity index (χ3v) is 2.29. The second-order valence-corrected chi connectivity index (χ2v) is 3.49. The monoisotopic (exact) mass is 264 g/mol. The zero-order valence-electron chi connectivity index (χ0n) is 7.99. The molecule has 1 aromatic heterocycles. The molecule has 9 heteroatoms. The van der Waals surface area contributed by atoms with Crippen LogP contribution in [0, 0.1) is 0 Å². The zero-order chi connectivity index (χ0) is 12.6. The van der Waals surface area contributed by atoms with Crippen LogP contribution in [-0.4, -0.2) is 20.2 Å². The normalized spacial score (nSPS) is 11.8. The van der Waals surface area contributed by atoms with Crippen molar-refractivity contribution < 1.29 is 13.2 Å². The molecular weight excluding hydrogens is 261 g/mol. The fraction of sp³-hybridized carbons (Fsp3) is 0.125. The molecule has 0 saturated carbocycles. The molecule has 5 nitrogen and oxygen atoms in total. The van der Waals surface area contributed by atoms with Gasteiger partial charge in [0, 0.05) is 0 Å². The molecule has 0 bridgehead atoms. The average Bonchev–Trinajstić information content (AvgIpc) is 2.62.